The highest BCUT2D eigenvalue weighted by Crippen LogP contribution is 2.20. The normalized spacial score (nSPS) is 14.2. The van der Waals surface area contributed by atoms with E-state index in [4.69, 9.17) is 4.74 Å². The van der Waals surface area contributed by atoms with Gasteiger partial charge in [-0.05, 0) is 43.3 Å². The molecule has 1 aromatic heterocycles. The van der Waals surface area contributed by atoms with Crippen molar-refractivity contribution in [2.45, 2.75) is 6.92 Å². The number of rotatable bonds is 4. The molecule has 0 spiro atoms. The SMILES string of the molecule is CCOC(=O)c1cccnc1N1CCN(C(=O)c2ccc(F)cc2)CC1. The minimum absolute atomic E-state index is 0.128. The van der Waals surface area contributed by atoms with Gasteiger partial charge in [0.2, 0.25) is 0 Å². The van der Waals surface area contributed by atoms with E-state index < -0.39 is 5.97 Å². The van der Waals surface area contributed by atoms with Gasteiger partial charge in [-0.3, -0.25) is 4.79 Å². The van der Waals surface area contributed by atoms with Gasteiger partial charge < -0.3 is 14.5 Å². The Bertz CT molecular complexity index is 787. The maximum absolute atomic E-state index is 13.0. The fourth-order valence-electron chi connectivity index (χ4n) is 2.91. The second kappa shape index (κ2) is 7.95. The number of aromatic nitrogens is 1. The van der Waals surface area contributed by atoms with Crippen LogP contribution in [0.3, 0.4) is 0 Å². The van der Waals surface area contributed by atoms with Crippen LogP contribution in [-0.2, 0) is 4.74 Å². The van der Waals surface area contributed by atoms with E-state index in [2.05, 4.69) is 4.98 Å². The van der Waals surface area contributed by atoms with Crippen LogP contribution >= 0.6 is 0 Å². The summed E-state index contributed by atoms with van der Waals surface area (Å²) in [6.07, 6.45) is 1.63. The van der Waals surface area contributed by atoms with E-state index in [0.717, 1.165) is 0 Å². The van der Waals surface area contributed by atoms with E-state index in [1.807, 2.05) is 4.90 Å². The minimum atomic E-state index is -0.402. The molecule has 7 heteroatoms. The van der Waals surface area contributed by atoms with Crippen LogP contribution in [0.15, 0.2) is 42.6 Å². The number of amides is 1. The lowest BCUT2D eigenvalue weighted by atomic mass is 10.1. The molecule has 2 aromatic rings. The fourth-order valence-corrected chi connectivity index (χ4v) is 2.91. The molecule has 2 heterocycles. The molecular weight excluding hydrogens is 337 g/mol. The minimum Gasteiger partial charge on any atom is -0.462 e. The monoisotopic (exact) mass is 357 g/mol. The Labute approximate surface area is 151 Å². The first kappa shape index (κ1) is 17.8. The van der Waals surface area contributed by atoms with Crippen molar-refractivity contribution in [1.82, 2.24) is 9.88 Å². The lowest BCUT2D eigenvalue weighted by molar-refractivity contribution is 0.0525. The number of carbonyl (C=O) groups excluding carboxylic acids is 2. The topological polar surface area (TPSA) is 62.7 Å². The number of halogens is 1. The third kappa shape index (κ3) is 3.82. The zero-order valence-corrected chi connectivity index (χ0v) is 14.5. The second-order valence-corrected chi connectivity index (χ2v) is 5.88. The van der Waals surface area contributed by atoms with Gasteiger partial charge in [0, 0.05) is 37.9 Å². The van der Waals surface area contributed by atoms with Crippen molar-refractivity contribution >= 4 is 17.7 Å². The molecule has 1 aliphatic heterocycles. The lowest BCUT2D eigenvalue weighted by Gasteiger charge is -2.36. The van der Waals surface area contributed by atoms with Gasteiger partial charge >= 0.3 is 5.97 Å². The standard InChI is InChI=1S/C19H20FN3O3/c1-2-26-19(25)16-4-3-9-21-17(16)22-10-12-23(13-11-22)18(24)14-5-7-15(20)8-6-14/h3-9H,2,10-13H2,1H3. The number of nitrogens with zero attached hydrogens (tertiary/aromatic N) is 3. The Balaban J connectivity index is 1.68. The average Bonchev–Trinajstić information content (AvgIpc) is 2.68. The fraction of sp³-hybridized carbons (Fsp3) is 0.316. The third-order valence-electron chi connectivity index (χ3n) is 4.24. The molecule has 1 fully saturated rings. The van der Waals surface area contributed by atoms with E-state index in [1.165, 1.54) is 24.3 Å². The highest BCUT2D eigenvalue weighted by molar-refractivity contribution is 5.95. The molecule has 136 valence electrons. The number of carbonyl (C=O) groups is 2. The molecule has 3 rings (SSSR count). The summed E-state index contributed by atoms with van der Waals surface area (Å²) in [5.41, 5.74) is 0.887. The largest absolute Gasteiger partial charge is 0.462 e. The number of ether oxygens (including phenoxy) is 1. The number of hydrogen-bond donors (Lipinski definition) is 0. The first-order valence-electron chi connectivity index (χ1n) is 8.52. The van der Waals surface area contributed by atoms with Gasteiger partial charge in [-0.15, -0.1) is 0 Å². The summed E-state index contributed by atoms with van der Waals surface area (Å²) in [6.45, 7) is 4.15. The maximum atomic E-state index is 13.0. The van der Waals surface area contributed by atoms with Gasteiger partial charge in [0.15, 0.2) is 0 Å². The quantitative estimate of drug-likeness (QED) is 0.786. The Morgan fingerprint density at radius 2 is 1.81 bits per heavy atom. The Morgan fingerprint density at radius 3 is 2.46 bits per heavy atom. The molecular formula is C19H20FN3O3. The first-order valence-corrected chi connectivity index (χ1v) is 8.52. The van der Waals surface area contributed by atoms with Crippen molar-refractivity contribution in [3.63, 3.8) is 0 Å². The lowest BCUT2D eigenvalue weighted by Crippen LogP contribution is -2.49. The average molecular weight is 357 g/mol. The molecule has 0 unspecified atom stereocenters. The summed E-state index contributed by atoms with van der Waals surface area (Å²) in [5, 5.41) is 0. The number of piperazine rings is 1. The third-order valence-corrected chi connectivity index (χ3v) is 4.24. The molecule has 6 nitrogen and oxygen atoms in total. The van der Waals surface area contributed by atoms with Crippen LogP contribution in [0, 0.1) is 5.82 Å². The van der Waals surface area contributed by atoms with Crippen molar-refractivity contribution in [2.24, 2.45) is 0 Å². The van der Waals surface area contributed by atoms with Crippen LogP contribution in [-0.4, -0.2) is 54.5 Å². The van der Waals surface area contributed by atoms with Gasteiger partial charge in [0.05, 0.1) is 6.61 Å². The van der Waals surface area contributed by atoms with E-state index in [9.17, 15) is 14.0 Å². The molecule has 1 saturated heterocycles. The summed E-state index contributed by atoms with van der Waals surface area (Å²) in [7, 11) is 0. The van der Waals surface area contributed by atoms with Gasteiger partial charge in [-0.1, -0.05) is 0 Å². The summed E-state index contributed by atoms with van der Waals surface area (Å²) in [6, 6.07) is 8.93. The van der Waals surface area contributed by atoms with Crippen molar-refractivity contribution in [2.75, 3.05) is 37.7 Å². The van der Waals surface area contributed by atoms with Gasteiger partial charge in [0.25, 0.3) is 5.91 Å². The smallest absolute Gasteiger partial charge is 0.341 e. The van der Waals surface area contributed by atoms with E-state index in [-0.39, 0.29) is 11.7 Å². The van der Waals surface area contributed by atoms with E-state index in [0.29, 0.717) is 49.7 Å². The summed E-state index contributed by atoms with van der Waals surface area (Å²) in [5.74, 6) is -0.329. The van der Waals surface area contributed by atoms with Crippen LogP contribution < -0.4 is 4.90 Å². The van der Waals surface area contributed by atoms with E-state index in [1.54, 1.807) is 30.2 Å². The molecule has 0 bridgehead atoms. The van der Waals surface area contributed by atoms with Crippen LogP contribution in [0.25, 0.3) is 0 Å². The molecule has 0 N–H and O–H groups in total. The highest BCUT2D eigenvalue weighted by atomic mass is 19.1. The number of pyridine rings is 1. The predicted octanol–water partition coefficient (Wildman–Crippen LogP) is 2.36. The molecule has 1 aromatic carbocycles. The molecule has 0 atom stereocenters. The van der Waals surface area contributed by atoms with Crippen LogP contribution in [0.1, 0.15) is 27.6 Å². The van der Waals surface area contributed by atoms with Crippen molar-refractivity contribution in [3.8, 4) is 0 Å². The van der Waals surface area contributed by atoms with Crippen molar-refractivity contribution in [1.29, 1.82) is 0 Å². The Kier molecular flexibility index (Phi) is 5.46. The van der Waals surface area contributed by atoms with Crippen LogP contribution in [0.2, 0.25) is 0 Å². The van der Waals surface area contributed by atoms with Gasteiger partial charge in [-0.2, -0.15) is 0 Å². The zero-order chi connectivity index (χ0) is 18.5. The van der Waals surface area contributed by atoms with Crippen LogP contribution in [0.4, 0.5) is 10.2 Å². The first-order chi connectivity index (χ1) is 12.6. The van der Waals surface area contributed by atoms with Crippen molar-refractivity contribution in [3.05, 3.63) is 59.5 Å². The van der Waals surface area contributed by atoms with E-state index >= 15 is 0 Å². The number of esters is 1. The van der Waals surface area contributed by atoms with Gasteiger partial charge in [0.1, 0.15) is 17.2 Å². The highest BCUT2D eigenvalue weighted by Gasteiger charge is 2.25. The summed E-state index contributed by atoms with van der Waals surface area (Å²) >= 11 is 0. The number of benzene rings is 1. The molecule has 0 aliphatic carbocycles. The Morgan fingerprint density at radius 1 is 1.12 bits per heavy atom. The number of anilines is 1. The number of hydrogen-bond acceptors (Lipinski definition) is 5. The van der Waals surface area contributed by atoms with Crippen LogP contribution in [0.5, 0.6) is 0 Å². The predicted molar refractivity (Wildman–Crippen MR) is 94.7 cm³/mol. The molecule has 1 aliphatic rings. The maximum Gasteiger partial charge on any atom is 0.341 e. The summed E-state index contributed by atoms with van der Waals surface area (Å²) < 4.78 is 18.1. The Hall–Kier alpha value is -2.96. The molecule has 0 radical (unpaired) electrons. The zero-order valence-electron chi connectivity index (χ0n) is 14.5. The molecule has 1 amide bonds. The molecule has 0 saturated carbocycles. The summed E-state index contributed by atoms with van der Waals surface area (Å²) in [4.78, 5) is 32.6. The second-order valence-electron chi connectivity index (χ2n) is 5.88. The molecule has 26 heavy (non-hydrogen) atoms. The van der Waals surface area contributed by atoms with Crippen molar-refractivity contribution < 1.29 is 18.7 Å². The van der Waals surface area contributed by atoms with Gasteiger partial charge in [-0.25, -0.2) is 14.2 Å².